The maximum Gasteiger partial charge on any atom is 0.287 e. The SMILES string of the molecule is CC1CCN([C@@H](CNC(=O)c2occc2-c2ccccc2)c2cccs2)CC1. The Morgan fingerprint density at radius 1 is 1.18 bits per heavy atom. The summed E-state index contributed by atoms with van der Waals surface area (Å²) in [7, 11) is 0. The van der Waals surface area contributed by atoms with Crippen LogP contribution in [0.1, 0.15) is 41.2 Å². The molecule has 0 spiro atoms. The van der Waals surface area contributed by atoms with Crippen LogP contribution in [0.2, 0.25) is 0 Å². The van der Waals surface area contributed by atoms with E-state index in [0.717, 1.165) is 30.1 Å². The Bertz CT molecular complexity index is 880. The van der Waals surface area contributed by atoms with Crippen LogP contribution in [0, 0.1) is 5.92 Å². The minimum absolute atomic E-state index is 0.157. The lowest BCUT2D eigenvalue weighted by Gasteiger charge is -2.36. The van der Waals surface area contributed by atoms with E-state index in [-0.39, 0.29) is 11.9 Å². The van der Waals surface area contributed by atoms with E-state index in [0.29, 0.717) is 12.3 Å². The Balaban J connectivity index is 1.47. The van der Waals surface area contributed by atoms with E-state index in [1.54, 1.807) is 17.6 Å². The van der Waals surface area contributed by atoms with Crippen LogP contribution in [0.3, 0.4) is 0 Å². The maximum absolute atomic E-state index is 12.9. The summed E-state index contributed by atoms with van der Waals surface area (Å²) < 4.78 is 5.54. The van der Waals surface area contributed by atoms with Crippen LogP contribution >= 0.6 is 11.3 Å². The standard InChI is InChI=1S/C23H26N2O2S/c1-17-9-12-25(13-10-17)20(21-8-5-15-28-21)16-24-23(26)22-19(11-14-27-22)18-6-3-2-4-7-18/h2-8,11,14-15,17,20H,9-10,12-13,16H2,1H3,(H,24,26)/t20-/m0/s1. The summed E-state index contributed by atoms with van der Waals surface area (Å²) in [5.41, 5.74) is 1.82. The highest BCUT2D eigenvalue weighted by Gasteiger charge is 2.26. The van der Waals surface area contributed by atoms with Crippen LogP contribution in [-0.4, -0.2) is 30.4 Å². The summed E-state index contributed by atoms with van der Waals surface area (Å²) in [6.45, 7) is 5.06. The van der Waals surface area contributed by atoms with Gasteiger partial charge in [0.05, 0.1) is 12.3 Å². The molecule has 4 rings (SSSR count). The lowest BCUT2D eigenvalue weighted by atomic mass is 9.97. The van der Waals surface area contributed by atoms with Gasteiger partial charge in [0, 0.05) is 17.0 Å². The van der Waals surface area contributed by atoms with Gasteiger partial charge in [-0.15, -0.1) is 11.3 Å². The molecule has 1 aliphatic heterocycles. The van der Waals surface area contributed by atoms with Crippen molar-refractivity contribution in [3.8, 4) is 11.1 Å². The molecule has 5 heteroatoms. The first-order valence-electron chi connectivity index (χ1n) is 9.91. The normalized spacial score (nSPS) is 16.8. The number of likely N-dealkylation sites (tertiary alicyclic amines) is 1. The average Bonchev–Trinajstić information content (AvgIpc) is 3.42. The number of carbonyl (C=O) groups is 1. The molecule has 0 radical (unpaired) electrons. The molecule has 1 saturated heterocycles. The monoisotopic (exact) mass is 394 g/mol. The van der Waals surface area contributed by atoms with Crippen molar-refractivity contribution in [3.05, 3.63) is 70.8 Å². The Hall–Kier alpha value is -2.37. The minimum atomic E-state index is -0.157. The van der Waals surface area contributed by atoms with Crippen LogP contribution in [0.15, 0.2) is 64.6 Å². The summed E-state index contributed by atoms with van der Waals surface area (Å²) in [4.78, 5) is 16.7. The third kappa shape index (κ3) is 4.21. The van der Waals surface area contributed by atoms with Crippen molar-refractivity contribution < 1.29 is 9.21 Å². The lowest BCUT2D eigenvalue weighted by Crippen LogP contribution is -2.41. The van der Waals surface area contributed by atoms with Gasteiger partial charge >= 0.3 is 0 Å². The number of carbonyl (C=O) groups excluding carboxylic acids is 1. The number of thiophene rings is 1. The Labute approximate surface area is 170 Å². The van der Waals surface area contributed by atoms with Gasteiger partial charge in [-0.1, -0.05) is 43.3 Å². The molecule has 1 amide bonds. The van der Waals surface area contributed by atoms with E-state index in [1.165, 1.54) is 17.7 Å². The van der Waals surface area contributed by atoms with Crippen molar-refractivity contribution in [3.63, 3.8) is 0 Å². The molecular weight excluding hydrogens is 368 g/mol. The lowest BCUT2D eigenvalue weighted by molar-refractivity contribution is 0.0889. The fourth-order valence-corrected chi connectivity index (χ4v) is 4.69. The highest BCUT2D eigenvalue weighted by atomic mass is 32.1. The zero-order valence-corrected chi connectivity index (χ0v) is 17.0. The molecule has 1 N–H and O–H groups in total. The van der Waals surface area contributed by atoms with Crippen LogP contribution < -0.4 is 5.32 Å². The molecule has 1 atom stereocenters. The van der Waals surface area contributed by atoms with Gasteiger partial charge < -0.3 is 9.73 Å². The first kappa shape index (κ1) is 19.0. The van der Waals surface area contributed by atoms with Crippen LogP contribution in [-0.2, 0) is 0 Å². The summed E-state index contributed by atoms with van der Waals surface area (Å²) in [5, 5.41) is 5.23. The third-order valence-electron chi connectivity index (χ3n) is 5.54. The predicted octanol–water partition coefficient (Wildman–Crippen LogP) is 5.21. The molecule has 1 aromatic carbocycles. The molecule has 3 aromatic rings. The van der Waals surface area contributed by atoms with E-state index in [2.05, 4.69) is 34.7 Å². The first-order chi connectivity index (χ1) is 13.7. The highest BCUT2D eigenvalue weighted by Crippen LogP contribution is 2.30. The summed E-state index contributed by atoms with van der Waals surface area (Å²) in [6.07, 6.45) is 4.01. The zero-order valence-electron chi connectivity index (χ0n) is 16.1. The molecule has 28 heavy (non-hydrogen) atoms. The molecule has 0 unspecified atom stereocenters. The van der Waals surface area contributed by atoms with E-state index in [4.69, 9.17) is 4.42 Å². The largest absolute Gasteiger partial charge is 0.459 e. The van der Waals surface area contributed by atoms with E-state index < -0.39 is 0 Å². The van der Waals surface area contributed by atoms with Crippen molar-refractivity contribution in [2.75, 3.05) is 19.6 Å². The Morgan fingerprint density at radius 3 is 2.68 bits per heavy atom. The average molecular weight is 395 g/mol. The van der Waals surface area contributed by atoms with Crippen molar-refractivity contribution in [2.24, 2.45) is 5.92 Å². The van der Waals surface area contributed by atoms with Crippen LogP contribution in [0.4, 0.5) is 0 Å². The second-order valence-electron chi connectivity index (χ2n) is 7.49. The summed E-state index contributed by atoms with van der Waals surface area (Å²) >= 11 is 1.76. The fourth-order valence-electron chi connectivity index (χ4n) is 3.83. The maximum atomic E-state index is 12.9. The van der Waals surface area contributed by atoms with Gasteiger partial charge in [0.15, 0.2) is 5.76 Å². The third-order valence-corrected chi connectivity index (χ3v) is 6.52. The number of nitrogens with one attached hydrogen (secondary N) is 1. The molecule has 0 aliphatic carbocycles. The van der Waals surface area contributed by atoms with Gasteiger partial charge in [-0.2, -0.15) is 0 Å². The van der Waals surface area contributed by atoms with E-state index in [9.17, 15) is 4.79 Å². The second-order valence-corrected chi connectivity index (χ2v) is 8.47. The number of furan rings is 1. The predicted molar refractivity (Wildman–Crippen MR) is 114 cm³/mol. The number of hydrogen-bond acceptors (Lipinski definition) is 4. The van der Waals surface area contributed by atoms with E-state index in [1.807, 2.05) is 36.4 Å². The molecule has 0 saturated carbocycles. The molecule has 146 valence electrons. The summed E-state index contributed by atoms with van der Waals surface area (Å²) in [5.74, 6) is 1.01. The smallest absolute Gasteiger partial charge is 0.287 e. The minimum Gasteiger partial charge on any atom is -0.459 e. The van der Waals surface area contributed by atoms with Gasteiger partial charge in [0.2, 0.25) is 0 Å². The van der Waals surface area contributed by atoms with Crippen molar-refractivity contribution >= 4 is 17.2 Å². The van der Waals surface area contributed by atoms with Gasteiger partial charge in [-0.25, -0.2) is 0 Å². The molecule has 4 nitrogen and oxygen atoms in total. The van der Waals surface area contributed by atoms with Crippen molar-refractivity contribution in [2.45, 2.75) is 25.8 Å². The molecule has 3 heterocycles. The van der Waals surface area contributed by atoms with Crippen molar-refractivity contribution in [1.29, 1.82) is 0 Å². The quantitative estimate of drug-likeness (QED) is 0.624. The summed E-state index contributed by atoms with van der Waals surface area (Å²) in [6, 6.07) is 16.2. The molecule has 1 fully saturated rings. The Morgan fingerprint density at radius 2 is 1.96 bits per heavy atom. The number of piperidine rings is 1. The van der Waals surface area contributed by atoms with E-state index >= 15 is 0 Å². The molecule has 0 bridgehead atoms. The highest BCUT2D eigenvalue weighted by molar-refractivity contribution is 7.10. The molecule has 1 aliphatic rings. The number of hydrogen-bond donors (Lipinski definition) is 1. The van der Waals surface area contributed by atoms with Gasteiger partial charge in [-0.05, 0) is 54.9 Å². The fraction of sp³-hybridized carbons (Fsp3) is 0.348. The number of benzene rings is 1. The number of rotatable bonds is 6. The first-order valence-corrected chi connectivity index (χ1v) is 10.8. The van der Waals surface area contributed by atoms with Crippen molar-refractivity contribution in [1.82, 2.24) is 10.2 Å². The number of nitrogens with zero attached hydrogens (tertiary/aromatic N) is 1. The molecular formula is C23H26N2O2S. The Kier molecular flexibility index (Phi) is 5.93. The molecule has 2 aromatic heterocycles. The van der Waals surface area contributed by atoms with Gasteiger partial charge in [0.25, 0.3) is 5.91 Å². The topological polar surface area (TPSA) is 45.5 Å². The zero-order chi connectivity index (χ0) is 19.3. The number of amides is 1. The van der Waals surface area contributed by atoms with Crippen LogP contribution in [0.25, 0.3) is 11.1 Å². The van der Waals surface area contributed by atoms with Gasteiger partial charge in [-0.3, -0.25) is 9.69 Å². The second kappa shape index (κ2) is 8.76. The van der Waals surface area contributed by atoms with Gasteiger partial charge in [0.1, 0.15) is 0 Å². The van der Waals surface area contributed by atoms with Crippen LogP contribution in [0.5, 0.6) is 0 Å².